The summed E-state index contributed by atoms with van der Waals surface area (Å²) in [6, 6.07) is 7.22. The van der Waals surface area contributed by atoms with E-state index in [1.165, 1.54) is 11.8 Å². The zero-order valence-electron chi connectivity index (χ0n) is 10.1. The Hall–Kier alpha value is -1.24. The molecule has 0 radical (unpaired) electrons. The van der Waals surface area contributed by atoms with Crippen LogP contribution in [0.2, 0.25) is 5.02 Å². The summed E-state index contributed by atoms with van der Waals surface area (Å²) in [6.07, 6.45) is 0. The van der Waals surface area contributed by atoms with Crippen molar-refractivity contribution in [2.45, 2.75) is 4.90 Å². The maximum Gasteiger partial charge on any atom is 0.329 e. The van der Waals surface area contributed by atoms with E-state index in [0.717, 1.165) is 4.90 Å². The second kappa shape index (κ2) is 8.79. The summed E-state index contributed by atoms with van der Waals surface area (Å²) < 4.78 is 4.79. The molecule has 0 bridgehead atoms. The standard InChI is InChI=1S/C12H14ClNO4S/c13-9-1-3-10(4-2-9)19-8-11(15)14-5-6-18-7-12(16)17/h1-4H,5-8H2,(H,14,15)(H,16,17). The lowest BCUT2D eigenvalue weighted by molar-refractivity contribution is -0.142. The molecule has 0 heterocycles. The summed E-state index contributed by atoms with van der Waals surface area (Å²) in [5.74, 6) is -0.857. The van der Waals surface area contributed by atoms with Crippen molar-refractivity contribution in [3.8, 4) is 0 Å². The van der Waals surface area contributed by atoms with E-state index in [1.54, 1.807) is 12.1 Å². The minimum absolute atomic E-state index is 0.126. The molecule has 104 valence electrons. The predicted molar refractivity (Wildman–Crippen MR) is 73.6 cm³/mol. The molecule has 1 aromatic rings. The summed E-state index contributed by atoms with van der Waals surface area (Å²) in [7, 11) is 0. The van der Waals surface area contributed by atoms with Crippen LogP contribution in [0.4, 0.5) is 0 Å². The topological polar surface area (TPSA) is 75.6 Å². The van der Waals surface area contributed by atoms with Gasteiger partial charge in [0.25, 0.3) is 0 Å². The molecule has 1 aromatic carbocycles. The maximum absolute atomic E-state index is 11.5. The molecular weight excluding hydrogens is 290 g/mol. The zero-order chi connectivity index (χ0) is 14.1. The van der Waals surface area contributed by atoms with Gasteiger partial charge >= 0.3 is 5.97 Å². The van der Waals surface area contributed by atoms with E-state index in [-0.39, 0.29) is 19.1 Å². The van der Waals surface area contributed by atoms with Gasteiger partial charge in [0, 0.05) is 16.5 Å². The molecule has 0 aliphatic carbocycles. The van der Waals surface area contributed by atoms with Crippen LogP contribution in [0.1, 0.15) is 0 Å². The van der Waals surface area contributed by atoms with Gasteiger partial charge in [-0.1, -0.05) is 11.6 Å². The Kier molecular flexibility index (Phi) is 7.32. The Morgan fingerprint density at radius 1 is 1.32 bits per heavy atom. The maximum atomic E-state index is 11.5. The number of ether oxygens (including phenoxy) is 1. The summed E-state index contributed by atoms with van der Waals surface area (Å²) in [5.41, 5.74) is 0. The van der Waals surface area contributed by atoms with Gasteiger partial charge in [-0.05, 0) is 24.3 Å². The fourth-order valence-electron chi connectivity index (χ4n) is 1.15. The molecule has 0 spiro atoms. The molecular formula is C12H14ClNO4S. The second-order valence-corrected chi connectivity index (χ2v) is 5.02. The molecule has 7 heteroatoms. The van der Waals surface area contributed by atoms with Crippen molar-refractivity contribution < 1.29 is 19.4 Å². The van der Waals surface area contributed by atoms with Crippen LogP contribution in [0.5, 0.6) is 0 Å². The average molecular weight is 304 g/mol. The fourth-order valence-corrected chi connectivity index (χ4v) is 2.01. The van der Waals surface area contributed by atoms with E-state index in [9.17, 15) is 9.59 Å². The lowest BCUT2D eigenvalue weighted by Crippen LogP contribution is -2.29. The van der Waals surface area contributed by atoms with Crippen molar-refractivity contribution in [1.29, 1.82) is 0 Å². The van der Waals surface area contributed by atoms with Gasteiger partial charge in [0.15, 0.2) is 0 Å². The van der Waals surface area contributed by atoms with E-state index in [0.29, 0.717) is 17.3 Å². The third-order valence-corrected chi connectivity index (χ3v) is 3.24. The van der Waals surface area contributed by atoms with E-state index in [4.69, 9.17) is 21.4 Å². The number of carbonyl (C=O) groups is 2. The van der Waals surface area contributed by atoms with Crippen LogP contribution in [0.15, 0.2) is 29.2 Å². The molecule has 0 fully saturated rings. The number of aliphatic carboxylic acids is 1. The Morgan fingerprint density at radius 2 is 2.00 bits per heavy atom. The summed E-state index contributed by atoms with van der Waals surface area (Å²) in [5, 5.41) is 11.6. The van der Waals surface area contributed by atoms with Gasteiger partial charge in [-0.2, -0.15) is 0 Å². The molecule has 1 rings (SSSR count). The predicted octanol–water partition coefficient (Wildman–Crippen LogP) is 1.65. The quantitative estimate of drug-likeness (QED) is 0.564. The molecule has 19 heavy (non-hydrogen) atoms. The minimum Gasteiger partial charge on any atom is -0.480 e. The highest BCUT2D eigenvalue weighted by molar-refractivity contribution is 8.00. The van der Waals surface area contributed by atoms with Gasteiger partial charge in [0.1, 0.15) is 6.61 Å². The number of halogens is 1. The number of carboxylic acid groups (broad SMARTS) is 1. The molecule has 0 saturated carbocycles. The summed E-state index contributed by atoms with van der Waals surface area (Å²) in [4.78, 5) is 22.6. The molecule has 0 atom stereocenters. The number of nitrogens with one attached hydrogen (secondary N) is 1. The SMILES string of the molecule is O=C(O)COCCNC(=O)CSc1ccc(Cl)cc1. The number of rotatable bonds is 8. The average Bonchev–Trinajstić information content (AvgIpc) is 2.37. The van der Waals surface area contributed by atoms with Gasteiger partial charge in [-0.3, -0.25) is 4.79 Å². The summed E-state index contributed by atoms with van der Waals surface area (Å²) >= 11 is 7.15. The highest BCUT2D eigenvalue weighted by Crippen LogP contribution is 2.19. The van der Waals surface area contributed by atoms with Crippen molar-refractivity contribution in [2.75, 3.05) is 25.5 Å². The monoisotopic (exact) mass is 303 g/mol. The Bertz CT molecular complexity index is 424. The first kappa shape index (κ1) is 15.8. The van der Waals surface area contributed by atoms with Crippen molar-refractivity contribution in [2.24, 2.45) is 0 Å². The van der Waals surface area contributed by atoms with Crippen LogP contribution in [0, 0.1) is 0 Å². The van der Waals surface area contributed by atoms with Crippen molar-refractivity contribution in [3.05, 3.63) is 29.3 Å². The van der Waals surface area contributed by atoms with Crippen LogP contribution < -0.4 is 5.32 Å². The van der Waals surface area contributed by atoms with Crippen molar-refractivity contribution in [3.63, 3.8) is 0 Å². The minimum atomic E-state index is -1.02. The molecule has 0 aliphatic rings. The third kappa shape index (κ3) is 7.71. The lowest BCUT2D eigenvalue weighted by atomic mass is 10.4. The molecule has 0 unspecified atom stereocenters. The molecule has 0 aromatic heterocycles. The number of carboxylic acids is 1. The van der Waals surface area contributed by atoms with Gasteiger partial charge < -0.3 is 15.2 Å². The zero-order valence-corrected chi connectivity index (χ0v) is 11.7. The Balaban J connectivity index is 2.11. The number of thioether (sulfide) groups is 1. The number of hydrogen-bond acceptors (Lipinski definition) is 4. The normalized spacial score (nSPS) is 10.2. The first-order valence-corrected chi connectivity index (χ1v) is 6.89. The van der Waals surface area contributed by atoms with Crippen molar-refractivity contribution >= 4 is 35.2 Å². The number of hydrogen-bond donors (Lipinski definition) is 2. The molecule has 1 amide bonds. The van der Waals surface area contributed by atoms with Crippen LogP contribution in [0.3, 0.4) is 0 Å². The molecule has 5 nitrogen and oxygen atoms in total. The highest BCUT2D eigenvalue weighted by atomic mass is 35.5. The number of benzene rings is 1. The molecule has 0 saturated heterocycles. The Morgan fingerprint density at radius 3 is 2.63 bits per heavy atom. The second-order valence-electron chi connectivity index (χ2n) is 3.54. The van der Waals surface area contributed by atoms with E-state index in [2.05, 4.69) is 5.32 Å². The molecule has 2 N–H and O–H groups in total. The smallest absolute Gasteiger partial charge is 0.329 e. The number of amides is 1. The largest absolute Gasteiger partial charge is 0.480 e. The highest BCUT2D eigenvalue weighted by Gasteiger charge is 2.03. The van der Waals surface area contributed by atoms with E-state index >= 15 is 0 Å². The van der Waals surface area contributed by atoms with Crippen LogP contribution in [0.25, 0.3) is 0 Å². The summed E-state index contributed by atoms with van der Waals surface area (Å²) in [6.45, 7) is 0.131. The van der Waals surface area contributed by atoms with Crippen LogP contribution in [-0.4, -0.2) is 42.5 Å². The van der Waals surface area contributed by atoms with Gasteiger partial charge in [0.2, 0.25) is 5.91 Å². The van der Waals surface area contributed by atoms with Crippen LogP contribution >= 0.6 is 23.4 Å². The number of carbonyl (C=O) groups excluding carboxylic acids is 1. The Labute approximate surface area is 120 Å². The molecule has 0 aliphatic heterocycles. The third-order valence-electron chi connectivity index (χ3n) is 1.98. The lowest BCUT2D eigenvalue weighted by Gasteiger charge is -2.05. The van der Waals surface area contributed by atoms with E-state index < -0.39 is 5.97 Å². The van der Waals surface area contributed by atoms with Gasteiger partial charge in [-0.25, -0.2) is 4.79 Å². The van der Waals surface area contributed by atoms with Crippen LogP contribution in [-0.2, 0) is 14.3 Å². The first-order valence-electron chi connectivity index (χ1n) is 5.52. The van der Waals surface area contributed by atoms with Gasteiger partial charge in [0.05, 0.1) is 12.4 Å². The van der Waals surface area contributed by atoms with Crippen molar-refractivity contribution in [1.82, 2.24) is 5.32 Å². The first-order chi connectivity index (χ1) is 9.08. The van der Waals surface area contributed by atoms with Gasteiger partial charge in [-0.15, -0.1) is 11.8 Å². The van der Waals surface area contributed by atoms with E-state index in [1.807, 2.05) is 12.1 Å². The fraction of sp³-hybridized carbons (Fsp3) is 0.333.